The topological polar surface area (TPSA) is 20.3 Å². The normalized spacial score (nSPS) is 18.0. The zero-order valence-corrected chi connectivity index (χ0v) is 14.7. The molecule has 1 saturated heterocycles. The third kappa shape index (κ3) is 7.33. The number of amides is 1. The van der Waals surface area contributed by atoms with Crippen LogP contribution in [-0.4, -0.2) is 23.9 Å². The van der Waals surface area contributed by atoms with Crippen LogP contribution in [-0.2, 0) is 4.79 Å². The van der Waals surface area contributed by atoms with Gasteiger partial charge in [-0.05, 0) is 24.7 Å². The van der Waals surface area contributed by atoms with E-state index in [0.717, 1.165) is 24.9 Å². The van der Waals surface area contributed by atoms with E-state index in [4.69, 9.17) is 0 Å². The molecule has 124 valence electrons. The number of likely N-dealkylation sites (tertiary alicyclic amines) is 1. The Balaban J connectivity index is 2.33. The third-order valence-electron chi connectivity index (χ3n) is 5.26. The zero-order chi connectivity index (χ0) is 15.5. The van der Waals surface area contributed by atoms with Crippen molar-refractivity contribution in [1.82, 2.24) is 4.90 Å². The van der Waals surface area contributed by atoms with Crippen LogP contribution in [0, 0.1) is 11.8 Å². The van der Waals surface area contributed by atoms with Gasteiger partial charge in [-0.3, -0.25) is 4.79 Å². The summed E-state index contributed by atoms with van der Waals surface area (Å²) in [7, 11) is 0. The monoisotopic (exact) mass is 295 g/mol. The molecule has 1 rings (SSSR count). The van der Waals surface area contributed by atoms with Gasteiger partial charge in [0.1, 0.15) is 0 Å². The molecule has 0 N–H and O–H groups in total. The van der Waals surface area contributed by atoms with Crippen molar-refractivity contribution >= 4 is 5.91 Å². The van der Waals surface area contributed by atoms with Gasteiger partial charge < -0.3 is 4.90 Å². The number of hydrogen-bond donors (Lipinski definition) is 0. The summed E-state index contributed by atoms with van der Waals surface area (Å²) in [5.41, 5.74) is 0. The van der Waals surface area contributed by atoms with Crippen molar-refractivity contribution < 1.29 is 4.79 Å². The molecule has 1 atom stereocenters. The number of hydrogen-bond acceptors (Lipinski definition) is 1. The molecular weight excluding hydrogens is 258 g/mol. The second-order valence-corrected chi connectivity index (χ2v) is 6.95. The van der Waals surface area contributed by atoms with Crippen molar-refractivity contribution in [3.05, 3.63) is 0 Å². The minimum atomic E-state index is 0.262. The average molecular weight is 296 g/mol. The van der Waals surface area contributed by atoms with E-state index < -0.39 is 0 Å². The fourth-order valence-electron chi connectivity index (χ4n) is 3.78. The summed E-state index contributed by atoms with van der Waals surface area (Å²) in [6.45, 7) is 8.29. The van der Waals surface area contributed by atoms with E-state index >= 15 is 0 Å². The summed E-state index contributed by atoms with van der Waals surface area (Å²) in [6, 6.07) is 0. The maximum Gasteiger partial charge on any atom is 0.219 e. The lowest BCUT2D eigenvalue weighted by molar-refractivity contribution is -0.130. The summed E-state index contributed by atoms with van der Waals surface area (Å²) < 4.78 is 0. The van der Waals surface area contributed by atoms with Gasteiger partial charge in [-0.2, -0.15) is 0 Å². The number of carbonyl (C=O) groups is 1. The summed E-state index contributed by atoms with van der Waals surface area (Å²) in [6.07, 6.45) is 15.0. The van der Waals surface area contributed by atoms with E-state index in [2.05, 4.69) is 13.8 Å². The van der Waals surface area contributed by atoms with E-state index in [1.165, 1.54) is 70.6 Å². The van der Waals surface area contributed by atoms with Crippen LogP contribution in [0.5, 0.6) is 0 Å². The van der Waals surface area contributed by atoms with Crippen LogP contribution in [0.1, 0.15) is 91.4 Å². The second kappa shape index (κ2) is 11.1. The van der Waals surface area contributed by atoms with Crippen LogP contribution in [0.25, 0.3) is 0 Å². The zero-order valence-electron chi connectivity index (χ0n) is 14.7. The lowest BCUT2D eigenvalue weighted by Gasteiger charge is -2.36. The van der Waals surface area contributed by atoms with Crippen molar-refractivity contribution in [2.75, 3.05) is 13.1 Å². The first-order valence-corrected chi connectivity index (χ1v) is 9.44. The molecule has 21 heavy (non-hydrogen) atoms. The smallest absolute Gasteiger partial charge is 0.219 e. The van der Waals surface area contributed by atoms with Gasteiger partial charge in [0.15, 0.2) is 0 Å². The summed E-state index contributed by atoms with van der Waals surface area (Å²) >= 11 is 0. The van der Waals surface area contributed by atoms with E-state index in [-0.39, 0.29) is 5.91 Å². The Hall–Kier alpha value is -0.530. The first-order chi connectivity index (χ1) is 10.2. The molecule has 0 aromatic carbocycles. The quantitative estimate of drug-likeness (QED) is 0.493. The minimum absolute atomic E-state index is 0.262. The second-order valence-electron chi connectivity index (χ2n) is 6.95. The Morgan fingerprint density at radius 2 is 1.52 bits per heavy atom. The summed E-state index contributed by atoms with van der Waals surface area (Å²) in [4.78, 5) is 13.5. The van der Waals surface area contributed by atoms with Crippen molar-refractivity contribution in [1.29, 1.82) is 0 Å². The molecule has 2 nitrogen and oxygen atoms in total. The highest BCUT2D eigenvalue weighted by Gasteiger charge is 2.26. The SMILES string of the molecule is CCCCCCCC(CCCC)C1CCN(C(C)=O)CC1. The minimum Gasteiger partial charge on any atom is -0.343 e. The van der Waals surface area contributed by atoms with E-state index in [0.29, 0.717) is 0 Å². The molecular formula is C19H37NO. The van der Waals surface area contributed by atoms with Crippen LogP contribution in [0.15, 0.2) is 0 Å². The Kier molecular flexibility index (Phi) is 9.78. The molecule has 1 heterocycles. The van der Waals surface area contributed by atoms with Gasteiger partial charge >= 0.3 is 0 Å². The maximum absolute atomic E-state index is 11.4. The highest BCUT2D eigenvalue weighted by molar-refractivity contribution is 5.73. The van der Waals surface area contributed by atoms with Gasteiger partial charge in [0, 0.05) is 20.0 Å². The molecule has 0 aromatic rings. The number of piperidine rings is 1. The van der Waals surface area contributed by atoms with Crippen molar-refractivity contribution in [3.8, 4) is 0 Å². The third-order valence-corrected chi connectivity index (χ3v) is 5.26. The lowest BCUT2D eigenvalue weighted by atomic mass is 9.78. The van der Waals surface area contributed by atoms with Gasteiger partial charge in [0.2, 0.25) is 5.91 Å². The molecule has 1 aliphatic heterocycles. The molecule has 1 aliphatic rings. The van der Waals surface area contributed by atoms with Crippen LogP contribution >= 0.6 is 0 Å². The Labute approximate surface area is 132 Å². The molecule has 2 heteroatoms. The molecule has 0 bridgehead atoms. The van der Waals surface area contributed by atoms with E-state index in [1.54, 1.807) is 6.92 Å². The standard InChI is InChI=1S/C19H37NO/c1-4-6-8-9-10-12-18(11-7-5-2)19-13-15-20(16-14-19)17(3)21/h18-19H,4-16H2,1-3H3. The van der Waals surface area contributed by atoms with E-state index in [1.807, 2.05) is 4.90 Å². The van der Waals surface area contributed by atoms with Crippen molar-refractivity contribution in [2.45, 2.75) is 91.4 Å². The van der Waals surface area contributed by atoms with Crippen LogP contribution in [0.3, 0.4) is 0 Å². The first kappa shape index (κ1) is 18.5. The molecule has 0 saturated carbocycles. The molecule has 1 amide bonds. The summed E-state index contributed by atoms with van der Waals surface area (Å²) in [5, 5.41) is 0. The predicted molar refractivity (Wildman–Crippen MR) is 91.4 cm³/mol. The molecule has 1 unspecified atom stereocenters. The Morgan fingerprint density at radius 3 is 2.10 bits per heavy atom. The number of rotatable bonds is 10. The highest BCUT2D eigenvalue weighted by atomic mass is 16.2. The van der Waals surface area contributed by atoms with Crippen LogP contribution in [0.4, 0.5) is 0 Å². The summed E-state index contributed by atoms with van der Waals surface area (Å²) in [5.74, 6) is 2.05. The van der Waals surface area contributed by atoms with E-state index in [9.17, 15) is 4.79 Å². The fraction of sp³-hybridized carbons (Fsp3) is 0.947. The number of carbonyl (C=O) groups excluding carboxylic acids is 1. The number of unbranched alkanes of at least 4 members (excludes halogenated alkanes) is 5. The van der Waals surface area contributed by atoms with Gasteiger partial charge in [-0.15, -0.1) is 0 Å². The molecule has 0 aliphatic carbocycles. The highest BCUT2D eigenvalue weighted by Crippen LogP contribution is 2.32. The van der Waals surface area contributed by atoms with Crippen molar-refractivity contribution in [3.63, 3.8) is 0 Å². The maximum atomic E-state index is 11.4. The predicted octanol–water partition coefficient (Wildman–Crippen LogP) is 5.41. The van der Waals surface area contributed by atoms with Crippen LogP contribution in [0.2, 0.25) is 0 Å². The lowest BCUT2D eigenvalue weighted by Crippen LogP contribution is -2.38. The first-order valence-electron chi connectivity index (χ1n) is 9.44. The Bertz CT molecular complexity index is 269. The van der Waals surface area contributed by atoms with Gasteiger partial charge in [-0.1, -0.05) is 71.6 Å². The van der Waals surface area contributed by atoms with Gasteiger partial charge in [0.25, 0.3) is 0 Å². The molecule has 0 radical (unpaired) electrons. The molecule has 1 fully saturated rings. The van der Waals surface area contributed by atoms with Gasteiger partial charge in [0.05, 0.1) is 0 Å². The van der Waals surface area contributed by atoms with Crippen molar-refractivity contribution in [2.24, 2.45) is 11.8 Å². The largest absolute Gasteiger partial charge is 0.343 e. The van der Waals surface area contributed by atoms with Crippen LogP contribution < -0.4 is 0 Å². The fourth-order valence-corrected chi connectivity index (χ4v) is 3.78. The molecule has 0 spiro atoms. The number of nitrogens with zero attached hydrogens (tertiary/aromatic N) is 1. The molecule has 0 aromatic heterocycles. The Morgan fingerprint density at radius 1 is 0.952 bits per heavy atom. The average Bonchev–Trinajstić information content (AvgIpc) is 2.50. The van der Waals surface area contributed by atoms with Gasteiger partial charge in [-0.25, -0.2) is 0 Å².